The molecule has 0 fully saturated rings. The number of H-pyrrole nitrogens is 1. The van der Waals surface area contributed by atoms with Gasteiger partial charge in [0.05, 0.1) is 5.69 Å². The molecular formula is C8H13N3S. The maximum Gasteiger partial charge on any atom is 0.118 e. The van der Waals surface area contributed by atoms with Crippen LogP contribution in [0.5, 0.6) is 0 Å². The molecule has 1 aromatic heterocycles. The van der Waals surface area contributed by atoms with Crippen LogP contribution in [-0.4, -0.2) is 29.2 Å². The van der Waals surface area contributed by atoms with Crippen molar-refractivity contribution < 1.29 is 0 Å². The fraction of sp³-hybridized carbons (Fsp3) is 0.500. The second-order valence-corrected chi connectivity index (χ2v) is 3.23. The van der Waals surface area contributed by atoms with Crippen LogP contribution in [0.3, 0.4) is 0 Å². The molecule has 1 N–H and O–H groups in total. The minimum Gasteiger partial charge on any atom is -0.291 e. The van der Waals surface area contributed by atoms with Crippen molar-refractivity contribution in [1.29, 1.82) is 0 Å². The lowest BCUT2D eigenvalue weighted by atomic mass is 10.4. The van der Waals surface area contributed by atoms with E-state index >= 15 is 0 Å². The summed E-state index contributed by atoms with van der Waals surface area (Å²) in [6, 6.07) is 1.99. The summed E-state index contributed by atoms with van der Waals surface area (Å²) in [4.78, 5) is 4.20. The van der Waals surface area contributed by atoms with Gasteiger partial charge in [0.1, 0.15) is 5.03 Å². The number of thioether (sulfide) groups is 1. The molecule has 1 heterocycles. The molecular weight excluding hydrogens is 170 g/mol. The fourth-order valence-electron chi connectivity index (χ4n) is 0.780. The summed E-state index contributed by atoms with van der Waals surface area (Å²) in [5.41, 5.74) is 0.979. The van der Waals surface area contributed by atoms with Gasteiger partial charge in [-0.1, -0.05) is 6.92 Å². The van der Waals surface area contributed by atoms with Gasteiger partial charge in [0, 0.05) is 12.8 Å². The Morgan fingerprint density at radius 2 is 2.58 bits per heavy atom. The van der Waals surface area contributed by atoms with Crippen molar-refractivity contribution in [2.24, 2.45) is 4.99 Å². The maximum absolute atomic E-state index is 4.20. The topological polar surface area (TPSA) is 41.0 Å². The summed E-state index contributed by atoms with van der Waals surface area (Å²) < 4.78 is 0. The molecule has 3 nitrogen and oxygen atoms in total. The lowest BCUT2D eigenvalue weighted by Crippen LogP contribution is -1.82. The Labute approximate surface area is 76.7 Å². The molecule has 0 amide bonds. The Morgan fingerprint density at radius 1 is 1.75 bits per heavy atom. The van der Waals surface area contributed by atoms with E-state index in [9.17, 15) is 0 Å². The maximum atomic E-state index is 4.20. The van der Waals surface area contributed by atoms with Crippen LogP contribution in [0, 0.1) is 0 Å². The van der Waals surface area contributed by atoms with Crippen LogP contribution >= 0.6 is 11.8 Å². The summed E-state index contributed by atoms with van der Waals surface area (Å²) >= 11 is 1.62. The summed E-state index contributed by atoms with van der Waals surface area (Å²) in [7, 11) is 0. The van der Waals surface area contributed by atoms with E-state index in [1.165, 1.54) is 0 Å². The number of aromatic amines is 1. The van der Waals surface area contributed by atoms with Crippen LogP contribution in [0.2, 0.25) is 0 Å². The van der Waals surface area contributed by atoms with Crippen molar-refractivity contribution in [2.75, 3.05) is 12.8 Å². The first kappa shape index (κ1) is 9.32. The predicted octanol–water partition coefficient (Wildman–Crippen LogP) is 1.96. The molecule has 4 heteroatoms. The first-order chi connectivity index (χ1) is 5.86. The van der Waals surface area contributed by atoms with Crippen molar-refractivity contribution in [3.63, 3.8) is 0 Å². The van der Waals surface area contributed by atoms with Gasteiger partial charge in [0.15, 0.2) is 0 Å². The van der Waals surface area contributed by atoms with Crippen molar-refractivity contribution in [3.05, 3.63) is 11.8 Å². The second-order valence-electron chi connectivity index (χ2n) is 2.40. The van der Waals surface area contributed by atoms with Crippen LogP contribution in [0.25, 0.3) is 0 Å². The van der Waals surface area contributed by atoms with E-state index in [1.54, 1.807) is 11.8 Å². The zero-order valence-electron chi connectivity index (χ0n) is 7.37. The van der Waals surface area contributed by atoms with Gasteiger partial charge >= 0.3 is 0 Å². The number of nitrogens with one attached hydrogen (secondary N) is 1. The highest BCUT2D eigenvalue weighted by Crippen LogP contribution is 2.10. The Bertz CT molecular complexity index is 255. The largest absolute Gasteiger partial charge is 0.291 e. The molecule has 0 aliphatic heterocycles. The van der Waals surface area contributed by atoms with Gasteiger partial charge < -0.3 is 0 Å². The van der Waals surface area contributed by atoms with E-state index in [2.05, 4.69) is 22.1 Å². The van der Waals surface area contributed by atoms with E-state index in [-0.39, 0.29) is 0 Å². The number of hydrogen-bond acceptors (Lipinski definition) is 3. The first-order valence-corrected chi connectivity index (χ1v) is 5.18. The summed E-state index contributed by atoms with van der Waals surface area (Å²) in [5, 5.41) is 7.96. The molecule has 1 rings (SSSR count). The third-order valence-electron chi connectivity index (χ3n) is 1.37. The van der Waals surface area contributed by atoms with Crippen LogP contribution in [-0.2, 0) is 0 Å². The molecule has 12 heavy (non-hydrogen) atoms. The van der Waals surface area contributed by atoms with Gasteiger partial charge in [-0.25, -0.2) is 0 Å². The molecule has 0 atom stereocenters. The standard InChI is InChI=1S/C8H13N3S/c1-3-4-9-6-7-5-8(12-2)11-10-7/h5-6H,3-4H2,1-2H3,(H,10,11). The molecule has 0 aromatic carbocycles. The van der Waals surface area contributed by atoms with Gasteiger partial charge in [-0.2, -0.15) is 5.10 Å². The second kappa shape index (κ2) is 4.98. The highest BCUT2D eigenvalue weighted by molar-refractivity contribution is 7.98. The Balaban J connectivity index is 2.51. The monoisotopic (exact) mass is 183 g/mol. The number of rotatable bonds is 4. The van der Waals surface area contributed by atoms with Crippen molar-refractivity contribution in [1.82, 2.24) is 10.2 Å². The molecule has 1 aromatic rings. The van der Waals surface area contributed by atoms with Crippen LogP contribution in [0.1, 0.15) is 19.0 Å². The van der Waals surface area contributed by atoms with Crippen LogP contribution in [0.4, 0.5) is 0 Å². The molecule has 0 aliphatic rings. The number of nitrogens with zero attached hydrogens (tertiary/aromatic N) is 2. The van der Waals surface area contributed by atoms with Crippen molar-refractivity contribution >= 4 is 18.0 Å². The number of hydrogen-bond donors (Lipinski definition) is 1. The van der Waals surface area contributed by atoms with Gasteiger partial charge in [-0.15, -0.1) is 11.8 Å². The zero-order valence-corrected chi connectivity index (χ0v) is 8.19. The van der Waals surface area contributed by atoms with Gasteiger partial charge in [0.25, 0.3) is 0 Å². The third-order valence-corrected chi connectivity index (χ3v) is 1.99. The van der Waals surface area contributed by atoms with E-state index < -0.39 is 0 Å². The molecule has 0 bridgehead atoms. The fourth-order valence-corrected chi connectivity index (χ4v) is 1.16. The summed E-state index contributed by atoms with van der Waals surface area (Å²) in [6.45, 7) is 2.99. The van der Waals surface area contributed by atoms with Crippen molar-refractivity contribution in [2.45, 2.75) is 18.4 Å². The highest BCUT2D eigenvalue weighted by atomic mass is 32.2. The number of aromatic nitrogens is 2. The van der Waals surface area contributed by atoms with Gasteiger partial charge in [-0.3, -0.25) is 10.1 Å². The predicted molar refractivity (Wildman–Crippen MR) is 53.1 cm³/mol. The SMILES string of the molecule is CCCN=Cc1cc(SC)n[nH]1. The normalized spacial score (nSPS) is 11.2. The van der Waals surface area contributed by atoms with E-state index in [1.807, 2.05) is 18.5 Å². The lowest BCUT2D eigenvalue weighted by molar-refractivity contribution is 0.934. The first-order valence-electron chi connectivity index (χ1n) is 3.96. The van der Waals surface area contributed by atoms with Crippen LogP contribution < -0.4 is 0 Å². The van der Waals surface area contributed by atoms with Crippen LogP contribution in [0.15, 0.2) is 16.1 Å². The Hall–Kier alpha value is -0.770. The molecule has 66 valence electrons. The van der Waals surface area contributed by atoms with Gasteiger partial charge in [0.2, 0.25) is 0 Å². The Kier molecular flexibility index (Phi) is 3.87. The van der Waals surface area contributed by atoms with E-state index in [0.29, 0.717) is 0 Å². The Morgan fingerprint density at radius 3 is 3.17 bits per heavy atom. The van der Waals surface area contributed by atoms with Crippen molar-refractivity contribution in [3.8, 4) is 0 Å². The number of aliphatic imine (C=N–C) groups is 1. The van der Waals surface area contributed by atoms with E-state index in [4.69, 9.17) is 0 Å². The van der Waals surface area contributed by atoms with E-state index in [0.717, 1.165) is 23.7 Å². The minimum atomic E-state index is 0.883. The minimum absolute atomic E-state index is 0.883. The third kappa shape index (κ3) is 2.70. The highest BCUT2D eigenvalue weighted by Gasteiger charge is 1.94. The molecule has 0 saturated carbocycles. The summed E-state index contributed by atoms with van der Waals surface area (Å²) in [6.07, 6.45) is 4.92. The molecule has 0 spiro atoms. The average Bonchev–Trinajstić information content (AvgIpc) is 2.53. The zero-order chi connectivity index (χ0) is 8.81. The van der Waals surface area contributed by atoms with Gasteiger partial charge in [-0.05, 0) is 18.7 Å². The molecule has 0 saturated heterocycles. The smallest absolute Gasteiger partial charge is 0.118 e. The summed E-state index contributed by atoms with van der Waals surface area (Å²) in [5.74, 6) is 0. The lowest BCUT2D eigenvalue weighted by Gasteiger charge is -1.84. The molecule has 0 radical (unpaired) electrons. The quantitative estimate of drug-likeness (QED) is 0.572. The molecule has 0 unspecified atom stereocenters. The molecule has 0 aliphatic carbocycles. The average molecular weight is 183 g/mol.